The second-order valence-electron chi connectivity index (χ2n) is 9.15. The third-order valence-electron chi connectivity index (χ3n) is 8.42. The molecule has 0 radical (unpaired) electrons. The molecule has 0 N–H and O–H groups in total. The van der Waals surface area contributed by atoms with Crippen LogP contribution in [0.2, 0.25) is 0 Å². The summed E-state index contributed by atoms with van der Waals surface area (Å²) in [6.45, 7) is 0. The Kier molecular flexibility index (Phi) is 2.62. The Morgan fingerprint density at radius 1 is 0.696 bits per heavy atom. The van der Waals surface area contributed by atoms with Crippen LogP contribution in [0.15, 0.2) is 24.3 Å². The maximum Gasteiger partial charge on any atom is 0.0779 e. The summed E-state index contributed by atoms with van der Waals surface area (Å²) in [5.41, 5.74) is 3.04. The molecule has 0 amide bonds. The first-order chi connectivity index (χ1) is 11.1. The highest BCUT2D eigenvalue weighted by atomic mass is 35.5. The maximum atomic E-state index is 7.66. The minimum absolute atomic E-state index is 0.160. The van der Waals surface area contributed by atoms with Crippen LogP contribution in [-0.2, 0) is 0 Å². The highest BCUT2D eigenvalue weighted by Gasteiger charge is 2.72. The van der Waals surface area contributed by atoms with E-state index in [1.165, 1.54) is 56.1 Å². The SMILES string of the molecule is ClC1(C2(Cl)C3CCC2c2ccccc23)C2CC3CC(C2)CC1C3. The molecular weight excluding hydrogens is 323 g/mol. The van der Waals surface area contributed by atoms with Gasteiger partial charge in [-0.25, -0.2) is 0 Å². The van der Waals surface area contributed by atoms with E-state index in [9.17, 15) is 0 Å². The van der Waals surface area contributed by atoms with Crippen LogP contribution in [0.3, 0.4) is 0 Å². The summed E-state index contributed by atoms with van der Waals surface area (Å²) < 4.78 is 0. The molecular formula is C21H24Cl2. The summed E-state index contributed by atoms with van der Waals surface area (Å²) in [5.74, 6) is 4.20. The van der Waals surface area contributed by atoms with Gasteiger partial charge in [0, 0.05) is 11.8 Å². The monoisotopic (exact) mass is 346 g/mol. The molecule has 6 aliphatic carbocycles. The molecule has 1 aromatic carbocycles. The molecule has 2 heteroatoms. The van der Waals surface area contributed by atoms with Crippen molar-refractivity contribution >= 4 is 23.2 Å². The highest BCUT2D eigenvalue weighted by Crippen LogP contribution is 2.75. The fraction of sp³-hybridized carbons (Fsp3) is 0.714. The number of halogens is 2. The summed E-state index contributed by atoms with van der Waals surface area (Å²) in [4.78, 5) is -0.381. The van der Waals surface area contributed by atoms with E-state index in [1.54, 1.807) is 0 Å². The van der Waals surface area contributed by atoms with Gasteiger partial charge in [0.25, 0.3) is 0 Å². The number of fused-ring (bicyclic) bond motifs is 6. The predicted octanol–water partition coefficient (Wildman–Crippen LogP) is 6.07. The van der Waals surface area contributed by atoms with Gasteiger partial charge >= 0.3 is 0 Å². The van der Waals surface area contributed by atoms with E-state index in [0.717, 1.165) is 11.8 Å². The first-order valence-electron chi connectivity index (χ1n) is 9.59. The zero-order valence-electron chi connectivity index (χ0n) is 13.5. The minimum atomic E-state index is -0.221. The predicted molar refractivity (Wildman–Crippen MR) is 95.4 cm³/mol. The van der Waals surface area contributed by atoms with Gasteiger partial charge in [0.1, 0.15) is 0 Å². The topological polar surface area (TPSA) is 0 Å². The molecule has 0 nitrogen and oxygen atoms in total. The Bertz CT molecular complexity index is 619. The zero-order chi connectivity index (χ0) is 15.4. The summed E-state index contributed by atoms with van der Waals surface area (Å²) >= 11 is 15.3. The fourth-order valence-electron chi connectivity index (χ4n) is 7.94. The molecule has 6 aliphatic rings. The molecule has 1 aromatic rings. The minimum Gasteiger partial charge on any atom is -0.117 e. The average molecular weight is 347 g/mol. The Labute approximate surface area is 148 Å². The van der Waals surface area contributed by atoms with Gasteiger partial charge in [-0.3, -0.25) is 0 Å². The molecule has 0 spiro atoms. The lowest BCUT2D eigenvalue weighted by Crippen LogP contribution is -2.64. The van der Waals surface area contributed by atoms with E-state index in [4.69, 9.17) is 23.2 Å². The van der Waals surface area contributed by atoms with Crippen LogP contribution in [0.25, 0.3) is 0 Å². The molecule has 0 aromatic heterocycles. The lowest BCUT2D eigenvalue weighted by molar-refractivity contribution is -0.0393. The number of benzene rings is 1. The smallest absolute Gasteiger partial charge is 0.0779 e. The molecule has 0 aliphatic heterocycles. The third kappa shape index (κ3) is 1.45. The molecule has 23 heavy (non-hydrogen) atoms. The van der Waals surface area contributed by atoms with Gasteiger partial charge < -0.3 is 0 Å². The largest absolute Gasteiger partial charge is 0.117 e. The summed E-state index contributed by atoms with van der Waals surface area (Å²) in [6, 6.07) is 9.03. The van der Waals surface area contributed by atoms with Crippen LogP contribution >= 0.6 is 23.2 Å². The molecule has 0 saturated heterocycles. The number of alkyl halides is 2. The quantitative estimate of drug-likeness (QED) is 0.541. The molecule has 6 bridgehead atoms. The van der Waals surface area contributed by atoms with Crippen molar-refractivity contribution in [2.45, 2.75) is 66.5 Å². The number of rotatable bonds is 1. The summed E-state index contributed by atoms with van der Waals surface area (Å²) in [5, 5.41) is 0. The first-order valence-corrected chi connectivity index (χ1v) is 10.3. The van der Waals surface area contributed by atoms with E-state index in [-0.39, 0.29) is 9.75 Å². The van der Waals surface area contributed by atoms with Gasteiger partial charge in [0.15, 0.2) is 0 Å². The molecule has 5 saturated carbocycles. The van der Waals surface area contributed by atoms with Gasteiger partial charge in [-0.1, -0.05) is 24.3 Å². The first kappa shape index (κ1) is 14.0. The van der Waals surface area contributed by atoms with Crippen molar-refractivity contribution in [3.8, 4) is 0 Å². The lowest BCUT2D eigenvalue weighted by Gasteiger charge is -2.64. The normalized spacial score (nSPS) is 55.4. The Morgan fingerprint density at radius 3 is 1.65 bits per heavy atom. The second kappa shape index (κ2) is 4.31. The van der Waals surface area contributed by atoms with E-state index in [1.807, 2.05) is 0 Å². The zero-order valence-corrected chi connectivity index (χ0v) is 15.0. The van der Waals surface area contributed by atoms with Gasteiger partial charge in [-0.15, -0.1) is 23.2 Å². The van der Waals surface area contributed by atoms with Crippen molar-refractivity contribution in [2.75, 3.05) is 0 Å². The van der Waals surface area contributed by atoms with E-state index < -0.39 is 0 Å². The van der Waals surface area contributed by atoms with Crippen LogP contribution in [-0.4, -0.2) is 9.75 Å². The Balaban J connectivity index is 1.51. The molecule has 7 rings (SSSR count). The van der Waals surface area contributed by atoms with E-state index >= 15 is 0 Å². The number of hydrogen-bond acceptors (Lipinski definition) is 0. The molecule has 2 unspecified atom stereocenters. The van der Waals surface area contributed by atoms with Crippen LogP contribution in [0.4, 0.5) is 0 Å². The highest BCUT2D eigenvalue weighted by molar-refractivity contribution is 6.36. The van der Waals surface area contributed by atoms with Gasteiger partial charge in [0.05, 0.1) is 9.75 Å². The van der Waals surface area contributed by atoms with Gasteiger partial charge in [0.2, 0.25) is 0 Å². The van der Waals surface area contributed by atoms with E-state index in [2.05, 4.69) is 24.3 Å². The molecule has 0 heterocycles. The van der Waals surface area contributed by atoms with Gasteiger partial charge in [-0.2, -0.15) is 0 Å². The van der Waals surface area contributed by atoms with Crippen molar-refractivity contribution in [2.24, 2.45) is 23.7 Å². The van der Waals surface area contributed by atoms with Crippen molar-refractivity contribution in [1.29, 1.82) is 0 Å². The second-order valence-corrected chi connectivity index (χ2v) is 10.4. The van der Waals surface area contributed by atoms with Crippen LogP contribution in [0.1, 0.15) is 67.9 Å². The van der Waals surface area contributed by atoms with Crippen LogP contribution < -0.4 is 0 Å². The van der Waals surface area contributed by atoms with Crippen molar-refractivity contribution in [3.05, 3.63) is 35.4 Å². The van der Waals surface area contributed by atoms with Crippen molar-refractivity contribution < 1.29 is 0 Å². The van der Waals surface area contributed by atoms with Crippen molar-refractivity contribution in [1.82, 2.24) is 0 Å². The van der Waals surface area contributed by atoms with Crippen LogP contribution in [0, 0.1) is 23.7 Å². The standard InChI is InChI=1S/C21H24Cl2/c22-20(14-8-12-7-13(10-14)11-15(20)9-12)21(23)18-5-6-19(21)17-4-2-1-3-16(17)18/h1-4,12-15,18-19H,5-11H2. The summed E-state index contributed by atoms with van der Waals surface area (Å²) in [6.07, 6.45) is 9.35. The average Bonchev–Trinajstić information content (AvgIpc) is 3.02. The Hall–Kier alpha value is -0.200. The fourth-order valence-corrected chi connectivity index (χ4v) is 9.32. The Morgan fingerprint density at radius 2 is 1.17 bits per heavy atom. The lowest BCUT2D eigenvalue weighted by atomic mass is 9.48. The van der Waals surface area contributed by atoms with Crippen molar-refractivity contribution in [3.63, 3.8) is 0 Å². The third-order valence-corrected chi connectivity index (χ3v) is 10.3. The molecule has 5 fully saturated rings. The van der Waals surface area contributed by atoms with Crippen LogP contribution in [0.5, 0.6) is 0 Å². The van der Waals surface area contributed by atoms with E-state index in [0.29, 0.717) is 23.7 Å². The maximum absolute atomic E-state index is 7.66. The summed E-state index contributed by atoms with van der Waals surface area (Å²) in [7, 11) is 0. The molecule has 122 valence electrons. The molecule has 2 atom stereocenters. The van der Waals surface area contributed by atoms with Gasteiger partial charge in [-0.05, 0) is 79.7 Å². The number of hydrogen-bond donors (Lipinski definition) is 0.